The molecule has 2 aromatic carbocycles. The molecule has 0 unspecified atom stereocenters. The molecular formula is C21H29N3O. The normalized spacial score (nSPS) is 11.6. The average molecular weight is 339 g/mol. The minimum Gasteiger partial charge on any atom is -0.374 e. The Morgan fingerprint density at radius 3 is 2.40 bits per heavy atom. The zero-order valence-electron chi connectivity index (χ0n) is 15.5. The predicted molar refractivity (Wildman–Crippen MR) is 105 cm³/mol. The molecule has 0 aliphatic rings. The molecular weight excluding hydrogens is 310 g/mol. The van der Waals surface area contributed by atoms with Crippen LogP contribution in [-0.4, -0.2) is 25.7 Å². The van der Waals surface area contributed by atoms with Gasteiger partial charge in [0, 0.05) is 20.1 Å². The molecule has 2 N–H and O–H groups in total. The largest absolute Gasteiger partial charge is 0.374 e. The van der Waals surface area contributed by atoms with Gasteiger partial charge in [0.2, 0.25) is 0 Å². The monoisotopic (exact) mass is 339 g/mol. The van der Waals surface area contributed by atoms with E-state index in [0.29, 0.717) is 6.61 Å². The minimum atomic E-state index is 0.245. The quantitative estimate of drug-likeness (QED) is 0.571. The number of nitrogens with one attached hydrogen (secondary N) is 2. The van der Waals surface area contributed by atoms with E-state index in [4.69, 9.17) is 4.74 Å². The maximum atomic E-state index is 5.67. The Bertz CT molecular complexity index is 653. The average Bonchev–Trinajstić information content (AvgIpc) is 2.64. The van der Waals surface area contributed by atoms with Gasteiger partial charge < -0.3 is 15.4 Å². The molecule has 0 fully saturated rings. The summed E-state index contributed by atoms with van der Waals surface area (Å²) in [5.74, 6) is 0.819. The number of aliphatic imine (C=N–C) groups is 1. The lowest BCUT2D eigenvalue weighted by Gasteiger charge is -2.13. The van der Waals surface area contributed by atoms with Crippen molar-refractivity contribution in [3.05, 3.63) is 71.3 Å². The van der Waals surface area contributed by atoms with Crippen LogP contribution >= 0.6 is 0 Å². The van der Waals surface area contributed by atoms with E-state index >= 15 is 0 Å². The van der Waals surface area contributed by atoms with E-state index in [0.717, 1.165) is 25.5 Å². The number of ether oxygens (including phenoxy) is 1. The van der Waals surface area contributed by atoms with Crippen LogP contribution < -0.4 is 10.6 Å². The van der Waals surface area contributed by atoms with E-state index in [9.17, 15) is 0 Å². The van der Waals surface area contributed by atoms with Gasteiger partial charge >= 0.3 is 0 Å². The van der Waals surface area contributed by atoms with E-state index in [-0.39, 0.29) is 6.10 Å². The first kappa shape index (κ1) is 19.0. The predicted octanol–water partition coefficient (Wildman–Crippen LogP) is 3.52. The van der Waals surface area contributed by atoms with E-state index in [1.54, 1.807) is 7.05 Å². The smallest absolute Gasteiger partial charge is 0.191 e. The van der Waals surface area contributed by atoms with Crippen LogP contribution in [0.3, 0.4) is 0 Å². The summed E-state index contributed by atoms with van der Waals surface area (Å²) in [5, 5.41) is 6.72. The first-order chi connectivity index (χ1) is 12.2. The maximum Gasteiger partial charge on any atom is 0.191 e. The molecule has 25 heavy (non-hydrogen) atoms. The van der Waals surface area contributed by atoms with Crippen LogP contribution in [0, 0.1) is 0 Å². The Morgan fingerprint density at radius 1 is 0.960 bits per heavy atom. The Balaban J connectivity index is 1.77. The zero-order valence-corrected chi connectivity index (χ0v) is 15.5. The van der Waals surface area contributed by atoms with Gasteiger partial charge in [0.15, 0.2) is 5.96 Å². The highest BCUT2D eigenvalue weighted by Crippen LogP contribution is 2.08. The number of guanidine groups is 1. The number of rotatable bonds is 8. The van der Waals surface area contributed by atoms with Crippen LogP contribution in [0.1, 0.15) is 30.5 Å². The summed E-state index contributed by atoms with van der Waals surface area (Å²) in [6, 6.07) is 18.9. The molecule has 0 saturated carbocycles. The number of hydrogen-bond donors (Lipinski definition) is 2. The molecule has 4 nitrogen and oxygen atoms in total. The van der Waals surface area contributed by atoms with Gasteiger partial charge in [-0.05, 0) is 37.0 Å². The number of hydrogen-bond acceptors (Lipinski definition) is 2. The van der Waals surface area contributed by atoms with E-state index < -0.39 is 0 Å². The molecule has 4 heteroatoms. The number of nitrogens with zero attached hydrogens (tertiary/aromatic N) is 1. The summed E-state index contributed by atoms with van der Waals surface area (Å²) in [7, 11) is 1.80. The van der Waals surface area contributed by atoms with Crippen molar-refractivity contribution in [3.8, 4) is 0 Å². The topological polar surface area (TPSA) is 45.7 Å². The van der Waals surface area contributed by atoms with E-state index in [1.807, 2.05) is 6.07 Å². The third-order valence-electron chi connectivity index (χ3n) is 3.81. The fraction of sp³-hybridized carbons (Fsp3) is 0.381. The zero-order chi connectivity index (χ0) is 17.9. The second kappa shape index (κ2) is 10.5. The highest BCUT2D eigenvalue weighted by atomic mass is 16.5. The molecule has 0 amide bonds. The summed E-state index contributed by atoms with van der Waals surface area (Å²) in [6.45, 7) is 6.34. The lowest BCUT2D eigenvalue weighted by molar-refractivity contribution is 0.0657. The fourth-order valence-electron chi connectivity index (χ4n) is 2.47. The van der Waals surface area contributed by atoms with Gasteiger partial charge in [0.05, 0.1) is 12.7 Å². The van der Waals surface area contributed by atoms with Gasteiger partial charge in [-0.1, -0.05) is 54.6 Å². The molecule has 2 aromatic rings. The van der Waals surface area contributed by atoms with E-state index in [1.165, 1.54) is 16.7 Å². The molecule has 0 aliphatic heterocycles. The van der Waals surface area contributed by atoms with Crippen LogP contribution in [0.4, 0.5) is 0 Å². The minimum absolute atomic E-state index is 0.245. The molecule has 0 spiro atoms. The SMILES string of the molecule is CN=C(NCCc1ccccc1)NCc1cccc(COC(C)C)c1. The summed E-state index contributed by atoms with van der Waals surface area (Å²) >= 11 is 0. The highest BCUT2D eigenvalue weighted by molar-refractivity contribution is 5.79. The molecule has 0 aromatic heterocycles. The second-order valence-electron chi connectivity index (χ2n) is 6.27. The van der Waals surface area contributed by atoms with Crippen LogP contribution in [0.2, 0.25) is 0 Å². The molecule has 2 rings (SSSR count). The van der Waals surface area contributed by atoms with E-state index in [2.05, 4.69) is 78.0 Å². The van der Waals surface area contributed by atoms with Gasteiger partial charge in [0.25, 0.3) is 0 Å². The van der Waals surface area contributed by atoms with Crippen LogP contribution in [-0.2, 0) is 24.3 Å². The molecule has 0 atom stereocenters. The van der Waals surface area contributed by atoms with Crippen molar-refractivity contribution in [2.45, 2.75) is 39.5 Å². The van der Waals surface area contributed by atoms with Crippen molar-refractivity contribution in [3.63, 3.8) is 0 Å². The summed E-state index contributed by atoms with van der Waals surface area (Å²) in [4.78, 5) is 4.29. The lowest BCUT2D eigenvalue weighted by atomic mass is 10.1. The Labute approximate surface area is 151 Å². The molecule has 0 bridgehead atoms. The van der Waals surface area contributed by atoms with Crippen molar-refractivity contribution in [1.82, 2.24) is 10.6 Å². The lowest BCUT2D eigenvalue weighted by Crippen LogP contribution is -2.37. The van der Waals surface area contributed by atoms with Crippen LogP contribution in [0.5, 0.6) is 0 Å². The third kappa shape index (κ3) is 7.40. The van der Waals surface area contributed by atoms with Crippen molar-refractivity contribution in [2.75, 3.05) is 13.6 Å². The first-order valence-corrected chi connectivity index (χ1v) is 8.85. The fourth-order valence-corrected chi connectivity index (χ4v) is 2.47. The first-order valence-electron chi connectivity index (χ1n) is 8.85. The Kier molecular flexibility index (Phi) is 7.99. The standard InChI is InChI=1S/C21H29N3O/c1-17(2)25-16-20-11-7-10-19(14-20)15-24-21(22-3)23-13-12-18-8-5-4-6-9-18/h4-11,14,17H,12-13,15-16H2,1-3H3,(H2,22,23,24). The summed E-state index contributed by atoms with van der Waals surface area (Å²) in [5.41, 5.74) is 3.74. The highest BCUT2D eigenvalue weighted by Gasteiger charge is 2.01. The van der Waals surface area contributed by atoms with Crippen LogP contribution in [0.15, 0.2) is 59.6 Å². The van der Waals surface area contributed by atoms with Crippen molar-refractivity contribution < 1.29 is 4.74 Å². The summed E-state index contributed by atoms with van der Waals surface area (Å²) in [6.07, 6.45) is 1.22. The van der Waals surface area contributed by atoms with Crippen molar-refractivity contribution in [1.29, 1.82) is 0 Å². The van der Waals surface area contributed by atoms with Gasteiger partial charge in [-0.2, -0.15) is 0 Å². The second-order valence-corrected chi connectivity index (χ2v) is 6.27. The van der Waals surface area contributed by atoms with Gasteiger partial charge in [-0.3, -0.25) is 4.99 Å². The van der Waals surface area contributed by atoms with Crippen molar-refractivity contribution >= 4 is 5.96 Å². The van der Waals surface area contributed by atoms with Gasteiger partial charge in [-0.25, -0.2) is 0 Å². The molecule has 0 saturated heterocycles. The molecule has 134 valence electrons. The Hall–Kier alpha value is -2.33. The van der Waals surface area contributed by atoms with Gasteiger partial charge in [-0.15, -0.1) is 0 Å². The van der Waals surface area contributed by atoms with Crippen LogP contribution in [0.25, 0.3) is 0 Å². The molecule has 0 aliphatic carbocycles. The third-order valence-corrected chi connectivity index (χ3v) is 3.81. The molecule has 0 heterocycles. The maximum absolute atomic E-state index is 5.67. The Morgan fingerprint density at radius 2 is 1.68 bits per heavy atom. The van der Waals surface area contributed by atoms with Crippen molar-refractivity contribution in [2.24, 2.45) is 4.99 Å². The number of benzene rings is 2. The summed E-state index contributed by atoms with van der Waals surface area (Å²) < 4.78 is 5.67. The van der Waals surface area contributed by atoms with Gasteiger partial charge in [0.1, 0.15) is 0 Å². The molecule has 0 radical (unpaired) electrons.